The SMILES string of the molecule is CCCOc1ccc(C(=O)NC(=S)Nc2ccc(S(=O)(=O)N3CCN(C(c4ccccc4)c4ccccc4)CC3)cc2)cc1. The summed E-state index contributed by atoms with van der Waals surface area (Å²) in [5.74, 6) is 0.342. The molecule has 0 atom stereocenters. The highest BCUT2D eigenvalue weighted by molar-refractivity contribution is 7.89. The molecular formula is C34H36N4O4S2. The third-order valence-corrected chi connectivity index (χ3v) is 9.55. The molecule has 1 aliphatic heterocycles. The number of sulfonamides is 1. The third-order valence-electron chi connectivity index (χ3n) is 7.44. The lowest BCUT2D eigenvalue weighted by Gasteiger charge is -2.39. The topological polar surface area (TPSA) is 91.0 Å². The van der Waals surface area contributed by atoms with E-state index in [0.29, 0.717) is 49.8 Å². The molecule has 4 aromatic carbocycles. The number of amides is 1. The zero-order valence-electron chi connectivity index (χ0n) is 24.6. The van der Waals surface area contributed by atoms with Gasteiger partial charge in [-0.05, 0) is 78.3 Å². The number of anilines is 1. The fourth-order valence-corrected chi connectivity index (χ4v) is 6.84. The Hall–Kier alpha value is -4.09. The zero-order chi connectivity index (χ0) is 30.9. The van der Waals surface area contributed by atoms with Gasteiger partial charge in [0.1, 0.15) is 5.75 Å². The summed E-state index contributed by atoms with van der Waals surface area (Å²) in [6, 6.07) is 33.9. The standard InChI is InChI=1S/C34H36N4O4S2/c1-2-25-42-30-17-13-28(14-18-30)33(39)36-34(43)35-29-15-19-31(20-16-29)44(40,41)38-23-21-37(22-24-38)32(26-9-5-3-6-10-26)27-11-7-4-8-12-27/h3-20,32H,2,21-25H2,1H3,(H2,35,36,39,43). The highest BCUT2D eigenvalue weighted by atomic mass is 32.2. The molecule has 0 aromatic heterocycles. The second-order valence-electron chi connectivity index (χ2n) is 10.5. The molecule has 44 heavy (non-hydrogen) atoms. The average Bonchev–Trinajstić information content (AvgIpc) is 3.05. The van der Waals surface area contributed by atoms with Crippen molar-refractivity contribution in [2.75, 3.05) is 38.1 Å². The minimum atomic E-state index is -3.68. The van der Waals surface area contributed by atoms with Crippen molar-refractivity contribution in [1.29, 1.82) is 0 Å². The molecule has 0 radical (unpaired) electrons. The van der Waals surface area contributed by atoms with Crippen LogP contribution < -0.4 is 15.4 Å². The van der Waals surface area contributed by atoms with Crippen molar-refractivity contribution in [3.63, 3.8) is 0 Å². The molecule has 0 spiro atoms. The van der Waals surface area contributed by atoms with Crippen LogP contribution in [-0.4, -0.2) is 61.4 Å². The largest absolute Gasteiger partial charge is 0.494 e. The third kappa shape index (κ3) is 7.70. The van der Waals surface area contributed by atoms with Gasteiger partial charge in [0.05, 0.1) is 17.5 Å². The number of thiocarbonyl (C=S) groups is 1. The molecule has 0 aliphatic carbocycles. The van der Waals surface area contributed by atoms with Crippen molar-refractivity contribution in [1.82, 2.24) is 14.5 Å². The quantitative estimate of drug-likeness (QED) is 0.218. The van der Waals surface area contributed by atoms with E-state index in [1.807, 2.05) is 43.3 Å². The van der Waals surface area contributed by atoms with Gasteiger partial charge in [-0.25, -0.2) is 8.42 Å². The van der Waals surface area contributed by atoms with Crippen molar-refractivity contribution >= 4 is 38.9 Å². The number of benzene rings is 4. The molecule has 0 bridgehead atoms. The number of ether oxygens (including phenoxy) is 1. The van der Waals surface area contributed by atoms with E-state index in [1.54, 1.807) is 52.8 Å². The van der Waals surface area contributed by atoms with Crippen molar-refractivity contribution < 1.29 is 17.9 Å². The van der Waals surface area contributed by atoms with Crippen LogP contribution >= 0.6 is 12.2 Å². The van der Waals surface area contributed by atoms with E-state index >= 15 is 0 Å². The first-order valence-corrected chi connectivity index (χ1v) is 16.5. The lowest BCUT2D eigenvalue weighted by Crippen LogP contribution is -2.49. The van der Waals surface area contributed by atoms with Gasteiger partial charge < -0.3 is 10.1 Å². The summed E-state index contributed by atoms with van der Waals surface area (Å²) in [5, 5.41) is 5.71. The van der Waals surface area contributed by atoms with Crippen LogP contribution in [0.25, 0.3) is 0 Å². The van der Waals surface area contributed by atoms with Gasteiger partial charge >= 0.3 is 0 Å². The summed E-state index contributed by atoms with van der Waals surface area (Å²) in [6.45, 7) is 4.63. The van der Waals surface area contributed by atoms with E-state index in [9.17, 15) is 13.2 Å². The number of rotatable bonds is 10. The highest BCUT2D eigenvalue weighted by Gasteiger charge is 2.32. The molecule has 2 N–H and O–H groups in total. The van der Waals surface area contributed by atoms with Crippen LogP contribution in [0.15, 0.2) is 114 Å². The van der Waals surface area contributed by atoms with Gasteiger partial charge in [0.25, 0.3) is 5.91 Å². The van der Waals surface area contributed by atoms with Crippen molar-refractivity contribution in [2.45, 2.75) is 24.3 Å². The van der Waals surface area contributed by atoms with E-state index < -0.39 is 10.0 Å². The maximum absolute atomic E-state index is 13.5. The number of hydrogen-bond acceptors (Lipinski definition) is 6. The number of carbonyl (C=O) groups is 1. The second-order valence-corrected chi connectivity index (χ2v) is 12.8. The average molecular weight is 629 g/mol. The number of hydrogen-bond donors (Lipinski definition) is 2. The first-order valence-electron chi connectivity index (χ1n) is 14.6. The van der Waals surface area contributed by atoms with Crippen LogP contribution in [0, 0.1) is 0 Å². The van der Waals surface area contributed by atoms with E-state index in [1.165, 1.54) is 11.1 Å². The summed E-state index contributed by atoms with van der Waals surface area (Å²) in [5.41, 5.74) is 3.37. The molecule has 0 saturated carbocycles. The van der Waals surface area contributed by atoms with E-state index in [4.69, 9.17) is 17.0 Å². The Morgan fingerprint density at radius 2 is 1.39 bits per heavy atom. The maximum atomic E-state index is 13.5. The van der Waals surface area contributed by atoms with Crippen molar-refractivity contribution in [3.05, 3.63) is 126 Å². The number of nitrogens with zero attached hydrogens (tertiary/aromatic N) is 2. The fourth-order valence-electron chi connectivity index (χ4n) is 5.21. The molecular weight excluding hydrogens is 593 g/mol. The van der Waals surface area contributed by atoms with Gasteiger partial charge in [-0.1, -0.05) is 67.6 Å². The fraction of sp³-hybridized carbons (Fsp3) is 0.235. The molecule has 0 unspecified atom stereocenters. The monoisotopic (exact) mass is 628 g/mol. The number of piperazine rings is 1. The van der Waals surface area contributed by atoms with Gasteiger partial charge in [-0.3, -0.25) is 15.0 Å². The molecule has 228 valence electrons. The molecule has 4 aromatic rings. The number of carbonyl (C=O) groups excluding carboxylic acids is 1. The molecule has 1 saturated heterocycles. The zero-order valence-corrected chi connectivity index (χ0v) is 26.2. The van der Waals surface area contributed by atoms with E-state index in [0.717, 1.165) is 6.42 Å². The Kier molecular flexibility index (Phi) is 10.4. The Balaban J connectivity index is 1.17. The lowest BCUT2D eigenvalue weighted by molar-refractivity contribution is 0.0977. The number of nitrogens with one attached hydrogen (secondary N) is 2. The Bertz CT molecular complexity index is 1600. The smallest absolute Gasteiger partial charge is 0.257 e. The summed E-state index contributed by atoms with van der Waals surface area (Å²) >= 11 is 5.31. The second kappa shape index (κ2) is 14.6. The summed E-state index contributed by atoms with van der Waals surface area (Å²) < 4.78 is 34.1. The summed E-state index contributed by atoms with van der Waals surface area (Å²) in [6.07, 6.45) is 0.900. The minimum Gasteiger partial charge on any atom is -0.494 e. The first-order chi connectivity index (χ1) is 21.3. The van der Waals surface area contributed by atoms with Crippen LogP contribution in [0.1, 0.15) is 40.9 Å². The molecule has 1 heterocycles. The molecule has 8 nitrogen and oxygen atoms in total. The van der Waals surface area contributed by atoms with Crippen LogP contribution in [0.3, 0.4) is 0 Å². The Morgan fingerprint density at radius 3 is 1.93 bits per heavy atom. The minimum absolute atomic E-state index is 0.0520. The van der Waals surface area contributed by atoms with E-state index in [-0.39, 0.29) is 22.0 Å². The first kappa shape index (κ1) is 31.3. The van der Waals surface area contributed by atoms with Crippen LogP contribution in [0.5, 0.6) is 5.75 Å². The van der Waals surface area contributed by atoms with Crippen LogP contribution in [0.4, 0.5) is 5.69 Å². The van der Waals surface area contributed by atoms with Gasteiger partial charge in [-0.2, -0.15) is 4.31 Å². The molecule has 10 heteroatoms. The van der Waals surface area contributed by atoms with Gasteiger partial charge in [-0.15, -0.1) is 0 Å². The van der Waals surface area contributed by atoms with Crippen LogP contribution in [-0.2, 0) is 10.0 Å². The summed E-state index contributed by atoms with van der Waals surface area (Å²) in [4.78, 5) is 15.1. The summed E-state index contributed by atoms with van der Waals surface area (Å²) in [7, 11) is -3.68. The predicted molar refractivity (Wildman–Crippen MR) is 177 cm³/mol. The molecule has 5 rings (SSSR count). The Labute approximate surface area is 264 Å². The maximum Gasteiger partial charge on any atom is 0.257 e. The van der Waals surface area contributed by atoms with Crippen molar-refractivity contribution in [3.8, 4) is 5.75 Å². The molecule has 1 amide bonds. The normalized spacial score (nSPS) is 14.2. The van der Waals surface area contributed by atoms with E-state index in [2.05, 4.69) is 39.8 Å². The highest BCUT2D eigenvalue weighted by Crippen LogP contribution is 2.30. The Morgan fingerprint density at radius 1 is 0.818 bits per heavy atom. The van der Waals surface area contributed by atoms with Crippen molar-refractivity contribution in [2.24, 2.45) is 0 Å². The van der Waals surface area contributed by atoms with Crippen LogP contribution in [0.2, 0.25) is 0 Å². The molecule has 1 fully saturated rings. The van der Waals surface area contributed by atoms with Gasteiger partial charge in [0.2, 0.25) is 10.0 Å². The van der Waals surface area contributed by atoms with Gasteiger partial charge in [0, 0.05) is 37.4 Å². The van der Waals surface area contributed by atoms with Gasteiger partial charge in [0.15, 0.2) is 5.11 Å². The predicted octanol–water partition coefficient (Wildman–Crippen LogP) is 5.70. The lowest BCUT2D eigenvalue weighted by atomic mass is 9.96. The molecule has 1 aliphatic rings.